The number of benzene rings is 2. The molecule has 2 aromatic rings. The van der Waals surface area contributed by atoms with E-state index in [-0.39, 0.29) is 5.78 Å². The highest BCUT2D eigenvalue weighted by Crippen LogP contribution is 2.27. The number of carbonyl (C=O) groups is 1. The minimum Gasteiger partial charge on any atom is -0.326 e. The van der Waals surface area contributed by atoms with Crippen LogP contribution in [0.4, 0.5) is 0 Å². The molecule has 0 saturated heterocycles. The fourth-order valence-electron chi connectivity index (χ4n) is 1.99. The number of nitrogens with two attached hydrogens (primary N) is 1. The van der Waals surface area contributed by atoms with Gasteiger partial charge in [-0.3, -0.25) is 4.79 Å². The van der Waals surface area contributed by atoms with Gasteiger partial charge in [0.25, 0.3) is 0 Å². The Balaban J connectivity index is 2.64. The Morgan fingerprint density at radius 3 is 2.24 bits per heavy atom. The van der Waals surface area contributed by atoms with Crippen LogP contribution in [0.5, 0.6) is 0 Å². The summed E-state index contributed by atoms with van der Waals surface area (Å²) in [4.78, 5) is 11.6. The molecular formula is C15H15NO. The highest BCUT2D eigenvalue weighted by molar-refractivity contribution is 6.01. The summed E-state index contributed by atoms with van der Waals surface area (Å²) in [5, 5.41) is 0. The molecular weight excluding hydrogens is 210 g/mol. The fourth-order valence-corrected chi connectivity index (χ4v) is 1.99. The van der Waals surface area contributed by atoms with Gasteiger partial charge in [0, 0.05) is 12.1 Å². The van der Waals surface area contributed by atoms with E-state index in [2.05, 4.69) is 0 Å². The van der Waals surface area contributed by atoms with Gasteiger partial charge in [0.2, 0.25) is 0 Å². The molecule has 0 amide bonds. The van der Waals surface area contributed by atoms with Crippen LogP contribution in [0.15, 0.2) is 48.5 Å². The summed E-state index contributed by atoms with van der Waals surface area (Å²) >= 11 is 0. The van der Waals surface area contributed by atoms with Crippen molar-refractivity contribution in [2.24, 2.45) is 5.73 Å². The molecule has 0 radical (unpaired) electrons. The molecule has 2 nitrogen and oxygen atoms in total. The number of carbonyl (C=O) groups excluding carboxylic acids is 1. The number of hydrogen-bond acceptors (Lipinski definition) is 2. The van der Waals surface area contributed by atoms with Crippen molar-refractivity contribution in [2.75, 3.05) is 0 Å². The van der Waals surface area contributed by atoms with Crippen LogP contribution in [0.2, 0.25) is 0 Å². The molecule has 2 aromatic carbocycles. The number of ketones is 1. The van der Waals surface area contributed by atoms with Crippen molar-refractivity contribution in [3.8, 4) is 11.1 Å². The van der Waals surface area contributed by atoms with Crippen LogP contribution in [0.25, 0.3) is 11.1 Å². The Morgan fingerprint density at radius 2 is 1.59 bits per heavy atom. The van der Waals surface area contributed by atoms with E-state index in [9.17, 15) is 4.79 Å². The molecule has 0 heterocycles. The smallest absolute Gasteiger partial charge is 0.160 e. The van der Waals surface area contributed by atoms with Crippen molar-refractivity contribution < 1.29 is 4.79 Å². The van der Waals surface area contributed by atoms with Crippen LogP contribution in [0.3, 0.4) is 0 Å². The van der Waals surface area contributed by atoms with Gasteiger partial charge in [-0.05, 0) is 23.6 Å². The second-order valence-corrected chi connectivity index (χ2v) is 3.96. The maximum absolute atomic E-state index is 11.6. The zero-order valence-corrected chi connectivity index (χ0v) is 9.81. The van der Waals surface area contributed by atoms with Crippen LogP contribution < -0.4 is 5.73 Å². The van der Waals surface area contributed by atoms with Gasteiger partial charge in [0.05, 0.1) is 0 Å². The van der Waals surface area contributed by atoms with Crippen molar-refractivity contribution in [1.29, 1.82) is 0 Å². The Bertz CT molecular complexity index is 546. The molecule has 0 saturated carbocycles. The first-order valence-electron chi connectivity index (χ1n) is 5.62. The first-order valence-corrected chi connectivity index (χ1v) is 5.62. The fraction of sp³-hybridized carbons (Fsp3) is 0.133. The Hall–Kier alpha value is -1.93. The van der Waals surface area contributed by atoms with Crippen LogP contribution in [0, 0.1) is 0 Å². The molecule has 0 aliphatic carbocycles. The zero-order valence-electron chi connectivity index (χ0n) is 9.81. The lowest BCUT2D eigenvalue weighted by Gasteiger charge is -2.11. The molecule has 17 heavy (non-hydrogen) atoms. The van der Waals surface area contributed by atoms with E-state index in [1.165, 1.54) is 0 Å². The molecule has 0 aliphatic rings. The van der Waals surface area contributed by atoms with Crippen LogP contribution in [-0.4, -0.2) is 5.78 Å². The molecule has 0 bridgehead atoms. The SMILES string of the molecule is CC(=O)c1ccccc1-c1ccccc1CN. The lowest BCUT2D eigenvalue weighted by Crippen LogP contribution is -2.01. The van der Waals surface area contributed by atoms with Crippen LogP contribution in [0.1, 0.15) is 22.8 Å². The van der Waals surface area contributed by atoms with Gasteiger partial charge < -0.3 is 5.73 Å². The number of rotatable bonds is 3. The number of Topliss-reactive ketones (excluding diaryl/α,β-unsaturated/α-hetero) is 1. The van der Waals surface area contributed by atoms with Gasteiger partial charge in [-0.25, -0.2) is 0 Å². The molecule has 2 rings (SSSR count). The van der Waals surface area contributed by atoms with Gasteiger partial charge in [0.15, 0.2) is 5.78 Å². The second kappa shape index (κ2) is 4.93. The molecule has 2 heteroatoms. The average Bonchev–Trinajstić information content (AvgIpc) is 2.38. The molecule has 2 N–H and O–H groups in total. The molecule has 0 spiro atoms. The third kappa shape index (κ3) is 2.27. The summed E-state index contributed by atoms with van der Waals surface area (Å²) in [6.45, 7) is 2.06. The third-order valence-corrected chi connectivity index (χ3v) is 2.83. The Morgan fingerprint density at radius 1 is 1.00 bits per heavy atom. The lowest BCUT2D eigenvalue weighted by atomic mass is 9.94. The Labute approximate surface area is 101 Å². The van der Waals surface area contributed by atoms with Gasteiger partial charge >= 0.3 is 0 Å². The van der Waals surface area contributed by atoms with Crippen molar-refractivity contribution in [2.45, 2.75) is 13.5 Å². The summed E-state index contributed by atoms with van der Waals surface area (Å²) in [5.41, 5.74) is 9.53. The van der Waals surface area contributed by atoms with Crippen molar-refractivity contribution in [3.05, 3.63) is 59.7 Å². The predicted octanol–water partition coefficient (Wildman–Crippen LogP) is 3.01. The van der Waals surface area contributed by atoms with E-state index in [0.29, 0.717) is 6.54 Å². The van der Waals surface area contributed by atoms with Crippen LogP contribution in [-0.2, 0) is 6.54 Å². The van der Waals surface area contributed by atoms with Gasteiger partial charge in [-0.2, -0.15) is 0 Å². The standard InChI is InChI=1S/C15H15NO/c1-11(17)13-7-4-5-9-15(13)14-8-3-2-6-12(14)10-16/h2-9H,10,16H2,1H3. The monoisotopic (exact) mass is 225 g/mol. The lowest BCUT2D eigenvalue weighted by molar-refractivity contribution is 0.101. The minimum atomic E-state index is 0.0763. The first-order chi connectivity index (χ1) is 8.24. The van der Waals surface area contributed by atoms with Crippen molar-refractivity contribution in [3.63, 3.8) is 0 Å². The summed E-state index contributed by atoms with van der Waals surface area (Å²) in [6.07, 6.45) is 0. The molecule has 0 unspecified atom stereocenters. The molecule has 0 aliphatic heterocycles. The van der Waals surface area contributed by atoms with E-state index < -0.39 is 0 Å². The number of hydrogen-bond donors (Lipinski definition) is 1. The topological polar surface area (TPSA) is 43.1 Å². The van der Waals surface area contributed by atoms with Crippen molar-refractivity contribution in [1.82, 2.24) is 0 Å². The maximum Gasteiger partial charge on any atom is 0.160 e. The summed E-state index contributed by atoms with van der Waals surface area (Å²) in [5.74, 6) is 0.0763. The summed E-state index contributed by atoms with van der Waals surface area (Å²) < 4.78 is 0. The molecule has 86 valence electrons. The molecule has 0 atom stereocenters. The van der Waals surface area contributed by atoms with E-state index >= 15 is 0 Å². The zero-order chi connectivity index (χ0) is 12.3. The third-order valence-electron chi connectivity index (χ3n) is 2.83. The quantitative estimate of drug-likeness (QED) is 0.816. The molecule has 0 aromatic heterocycles. The van der Waals surface area contributed by atoms with Gasteiger partial charge in [-0.15, -0.1) is 0 Å². The maximum atomic E-state index is 11.6. The van der Waals surface area contributed by atoms with Crippen molar-refractivity contribution >= 4 is 5.78 Å². The average molecular weight is 225 g/mol. The Kier molecular flexibility index (Phi) is 3.35. The predicted molar refractivity (Wildman–Crippen MR) is 69.8 cm³/mol. The summed E-state index contributed by atoms with van der Waals surface area (Å²) in [7, 11) is 0. The molecule has 0 fully saturated rings. The second-order valence-electron chi connectivity index (χ2n) is 3.96. The van der Waals surface area contributed by atoms with E-state index in [0.717, 1.165) is 22.3 Å². The highest BCUT2D eigenvalue weighted by atomic mass is 16.1. The van der Waals surface area contributed by atoms with E-state index in [4.69, 9.17) is 5.73 Å². The van der Waals surface area contributed by atoms with E-state index in [1.54, 1.807) is 6.92 Å². The summed E-state index contributed by atoms with van der Waals surface area (Å²) in [6, 6.07) is 15.6. The van der Waals surface area contributed by atoms with Gasteiger partial charge in [-0.1, -0.05) is 48.5 Å². The first kappa shape index (κ1) is 11.6. The van der Waals surface area contributed by atoms with Crippen LogP contribution >= 0.6 is 0 Å². The van der Waals surface area contributed by atoms with Gasteiger partial charge in [0.1, 0.15) is 0 Å². The highest BCUT2D eigenvalue weighted by Gasteiger charge is 2.10. The largest absolute Gasteiger partial charge is 0.326 e. The van der Waals surface area contributed by atoms with E-state index in [1.807, 2.05) is 48.5 Å². The minimum absolute atomic E-state index is 0.0763. The normalized spacial score (nSPS) is 10.2.